The highest BCUT2D eigenvalue weighted by Crippen LogP contribution is 2.20. The number of carbonyl (C=O) groups is 1. The van der Waals surface area contributed by atoms with Crippen LogP contribution in [0, 0.1) is 0 Å². The minimum absolute atomic E-state index is 0.155. The van der Waals surface area contributed by atoms with Crippen molar-refractivity contribution in [2.45, 2.75) is 37.1 Å². The molecule has 19 heavy (non-hydrogen) atoms. The Morgan fingerprint density at radius 3 is 2.74 bits per heavy atom. The second-order valence-electron chi connectivity index (χ2n) is 4.01. The molecule has 8 nitrogen and oxygen atoms in total. The molecule has 4 N–H and O–H groups in total. The van der Waals surface area contributed by atoms with Gasteiger partial charge >= 0.3 is 0 Å². The van der Waals surface area contributed by atoms with Gasteiger partial charge in [0, 0.05) is 13.0 Å². The first-order valence-electron chi connectivity index (χ1n) is 5.68. The molecule has 0 spiro atoms. The van der Waals surface area contributed by atoms with Crippen LogP contribution in [-0.4, -0.2) is 37.1 Å². The van der Waals surface area contributed by atoms with Crippen LogP contribution >= 0.6 is 11.3 Å². The third kappa shape index (κ3) is 5.19. The zero-order valence-corrected chi connectivity index (χ0v) is 12.3. The van der Waals surface area contributed by atoms with Crippen molar-refractivity contribution >= 4 is 32.4 Å². The summed E-state index contributed by atoms with van der Waals surface area (Å²) in [6, 6.07) is -0.235. The lowest BCUT2D eigenvalue weighted by Crippen LogP contribution is -2.32. The second-order valence-corrected chi connectivity index (χ2v) is 6.87. The van der Waals surface area contributed by atoms with E-state index in [0.29, 0.717) is 13.0 Å². The summed E-state index contributed by atoms with van der Waals surface area (Å²) in [7, 11) is -3.70. The summed E-state index contributed by atoms with van der Waals surface area (Å²) in [6.45, 7) is 3.57. The van der Waals surface area contributed by atoms with Crippen LogP contribution in [0.4, 0.5) is 5.13 Å². The average Bonchev–Trinajstić information content (AvgIpc) is 2.74. The van der Waals surface area contributed by atoms with Gasteiger partial charge in [0.15, 0.2) is 0 Å². The number of aromatic nitrogens is 2. The van der Waals surface area contributed by atoms with Crippen molar-refractivity contribution in [2.75, 3.05) is 11.9 Å². The van der Waals surface area contributed by atoms with Crippen LogP contribution in [0.3, 0.4) is 0 Å². The van der Waals surface area contributed by atoms with Crippen LogP contribution in [0.25, 0.3) is 0 Å². The van der Waals surface area contributed by atoms with Gasteiger partial charge in [0.2, 0.25) is 15.4 Å². The van der Waals surface area contributed by atoms with Crippen molar-refractivity contribution in [1.82, 2.24) is 14.9 Å². The first-order valence-corrected chi connectivity index (χ1v) is 7.98. The Balaban J connectivity index is 2.71. The van der Waals surface area contributed by atoms with E-state index in [0.717, 1.165) is 17.8 Å². The molecule has 0 aliphatic rings. The molecule has 10 heteroatoms. The molecule has 1 unspecified atom stereocenters. The summed E-state index contributed by atoms with van der Waals surface area (Å²) in [5.74, 6) is -0.329. The zero-order chi connectivity index (χ0) is 14.5. The molecule has 1 atom stereocenters. The van der Waals surface area contributed by atoms with E-state index in [4.69, 9.17) is 5.73 Å². The predicted molar refractivity (Wildman–Crippen MR) is 72.3 cm³/mol. The van der Waals surface area contributed by atoms with Crippen molar-refractivity contribution in [3.05, 3.63) is 0 Å². The maximum absolute atomic E-state index is 12.0. The van der Waals surface area contributed by atoms with E-state index in [1.54, 1.807) is 6.92 Å². The average molecular weight is 307 g/mol. The molecule has 0 radical (unpaired) electrons. The van der Waals surface area contributed by atoms with Crippen LogP contribution in [0.15, 0.2) is 4.34 Å². The first kappa shape index (κ1) is 16.0. The van der Waals surface area contributed by atoms with Crippen molar-refractivity contribution in [2.24, 2.45) is 5.73 Å². The highest BCUT2D eigenvalue weighted by molar-refractivity contribution is 7.91. The SMILES string of the molecule is CC(=O)Nc1nnc(S(=O)(=O)NC(C)CCCN)s1. The third-order valence-electron chi connectivity index (χ3n) is 2.12. The van der Waals surface area contributed by atoms with E-state index >= 15 is 0 Å². The van der Waals surface area contributed by atoms with Crippen molar-refractivity contribution in [3.8, 4) is 0 Å². The molecule has 0 fully saturated rings. The van der Waals surface area contributed by atoms with Crippen LogP contribution in [-0.2, 0) is 14.8 Å². The molecular formula is C9H17N5O3S2. The number of sulfonamides is 1. The number of amides is 1. The lowest BCUT2D eigenvalue weighted by molar-refractivity contribution is -0.114. The third-order valence-corrected chi connectivity index (χ3v) is 4.91. The first-order chi connectivity index (χ1) is 8.85. The smallest absolute Gasteiger partial charge is 0.270 e. The van der Waals surface area contributed by atoms with Crippen LogP contribution in [0.5, 0.6) is 0 Å². The molecule has 0 aromatic carbocycles. The molecule has 1 heterocycles. The lowest BCUT2D eigenvalue weighted by Gasteiger charge is -2.11. The summed E-state index contributed by atoms with van der Waals surface area (Å²) in [4.78, 5) is 10.8. The van der Waals surface area contributed by atoms with Gasteiger partial charge in [-0.25, -0.2) is 13.1 Å². The van der Waals surface area contributed by atoms with E-state index in [1.165, 1.54) is 6.92 Å². The van der Waals surface area contributed by atoms with E-state index in [-0.39, 0.29) is 21.4 Å². The topological polar surface area (TPSA) is 127 Å². The number of nitrogens with two attached hydrogens (primary N) is 1. The number of rotatable bonds is 7. The summed E-state index contributed by atoms with van der Waals surface area (Å²) >= 11 is 0.805. The number of nitrogens with one attached hydrogen (secondary N) is 2. The number of hydrogen-bond donors (Lipinski definition) is 3. The monoisotopic (exact) mass is 307 g/mol. The van der Waals surface area contributed by atoms with Gasteiger partial charge in [0.25, 0.3) is 10.0 Å². The zero-order valence-electron chi connectivity index (χ0n) is 10.7. The van der Waals surface area contributed by atoms with Crippen LogP contribution in [0.2, 0.25) is 0 Å². The Labute approximate surface area is 115 Å². The summed E-state index contributed by atoms with van der Waals surface area (Å²) < 4.78 is 26.2. The second kappa shape index (κ2) is 6.89. The fourth-order valence-electron chi connectivity index (χ4n) is 1.32. The largest absolute Gasteiger partial charge is 0.330 e. The van der Waals surface area contributed by atoms with E-state index in [1.807, 2.05) is 0 Å². The normalized spacial score (nSPS) is 13.2. The molecule has 108 valence electrons. The Bertz CT molecular complexity index is 528. The molecule has 0 aliphatic heterocycles. The Hall–Kier alpha value is -1.10. The summed E-state index contributed by atoms with van der Waals surface area (Å²) in [5.41, 5.74) is 5.36. The van der Waals surface area contributed by atoms with Gasteiger partial charge in [-0.15, -0.1) is 10.2 Å². The van der Waals surface area contributed by atoms with E-state index < -0.39 is 10.0 Å². The summed E-state index contributed by atoms with van der Waals surface area (Å²) in [6.07, 6.45) is 1.38. The van der Waals surface area contributed by atoms with Gasteiger partial charge in [-0.3, -0.25) is 4.79 Å². The molecule has 0 saturated heterocycles. The standard InChI is InChI=1S/C9H17N5O3S2/c1-6(4-3-5-10)14-19(16,17)9-13-12-8(18-9)11-7(2)15/h6,14H,3-5,10H2,1-2H3,(H,11,12,15). The molecule has 0 aliphatic carbocycles. The Kier molecular flexibility index (Phi) is 5.79. The number of nitrogens with zero attached hydrogens (tertiary/aromatic N) is 2. The minimum Gasteiger partial charge on any atom is -0.330 e. The highest BCUT2D eigenvalue weighted by Gasteiger charge is 2.22. The maximum atomic E-state index is 12.0. The Morgan fingerprint density at radius 1 is 1.47 bits per heavy atom. The molecule has 1 aromatic heterocycles. The highest BCUT2D eigenvalue weighted by atomic mass is 32.2. The molecular weight excluding hydrogens is 290 g/mol. The van der Waals surface area contributed by atoms with Gasteiger partial charge in [-0.05, 0) is 26.3 Å². The fourth-order valence-corrected chi connectivity index (χ4v) is 3.56. The van der Waals surface area contributed by atoms with Crippen LogP contribution in [0.1, 0.15) is 26.7 Å². The van der Waals surface area contributed by atoms with E-state index in [2.05, 4.69) is 20.2 Å². The van der Waals surface area contributed by atoms with E-state index in [9.17, 15) is 13.2 Å². The molecule has 1 amide bonds. The predicted octanol–water partition coefficient (Wildman–Crippen LogP) is -0.0978. The number of anilines is 1. The maximum Gasteiger partial charge on any atom is 0.270 e. The molecule has 1 aromatic rings. The summed E-state index contributed by atoms with van der Waals surface area (Å²) in [5, 5.41) is 9.68. The van der Waals surface area contributed by atoms with Gasteiger partial charge in [0.05, 0.1) is 0 Å². The fraction of sp³-hybridized carbons (Fsp3) is 0.667. The molecule has 1 rings (SSSR count). The quantitative estimate of drug-likeness (QED) is 0.604. The van der Waals surface area contributed by atoms with Crippen LogP contribution < -0.4 is 15.8 Å². The van der Waals surface area contributed by atoms with Gasteiger partial charge in [0.1, 0.15) is 0 Å². The molecule has 0 saturated carbocycles. The number of hydrogen-bond acceptors (Lipinski definition) is 7. The minimum atomic E-state index is -3.70. The van der Waals surface area contributed by atoms with Crippen molar-refractivity contribution < 1.29 is 13.2 Å². The van der Waals surface area contributed by atoms with Gasteiger partial charge < -0.3 is 11.1 Å². The van der Waals surface area contributed by atoms with Gasteiger partial charge in [-0.1, -0.05) is 11.3 Å². The number of carbonyl (C=O) groups excluding carboxylic acids is 1. The lowest BCUT2D eigenvalue weighted by atomic mass is 10.2. The Morgan fingerprint density at radius 2 is 2.16 bits per heavy atom. The molecule has 0 bridgehead atoms. The van der Waals surface area contributed by atoms with Crippen molar-refractivity contribution in [3.63, 3.8) is 0 Å². The van der Waals surface area contributed by atoms with Crippen molar-refractivity contribution in [1.29, 1.82) is 0 Å². The van der Waals surface area contributed by atoms with Gasteiger partial charge in [-0.2, -0.15) is 0 Å².